The Bertz CT molecular complexity index is 105. The third kappa shape index (κ3) is 8.02. The van der Waals surface area contributed by atoms with Crippen LogP contribution in [0.15, 0.2) is 0 Å². The van der Waals surface area contributed by atoms with E-state index in [1.165, 1.54) is 0 Å². The van der Waals surface area contributed by atoms with Crippen molar-refractivity contribution in [1.29, 1.82) is 0 Å². The molecule has 0 fully saturated rings. The van der Waals surface area contributed by atoms with Crippen LogP contribution in [0, 0.1) is 5.41 Å². The van der Waals surface area contributed by atoms with E-state index in [-0.39, 0.29) is 11.5 Å². The summed E-state index contributed by atoms with van der Waals surface area (Å²) in [4.78, 5) is 0. The lowest BCUT2D eigenvalue weighted by molar-refractivity contribution is 0.0980. The summed E-state index contributed by atoms with van der Waals surface area (Å²) < 4.78 is 4.91. The molecular formula is C10H22O2. The third-order valence-corrected chi connectivity index (χ3v) is 1.73. The molecule has 0 saturated carbocycles. The van der Waals surface area contributed by atoms with Gasteiger partial charge in [0.2, 0.25) is 0 Å². The molecule has 0 rings (SSSR count). The maximum Gasteiger partial charge on any atom is 0.0546 e. The highest BCUT2D eigenvalue weighted by Crippen LogP contribution is 2.22. The Morgan fingerprint density at radius 3 is 2.33 bits per heavy atom. The first kappa shape index (κ1) is 11.9. The monoisotopic (exact) mass is 174 g/mol. The summed E-state index contributed by atoms with van der Waals surface area (Å²) in [5.41, 5.74) is 0.229. The first-order chi connectivity index (χ1) is 5.45. The lowest BCUT2D eigenvalue weighted by atomic mass is 9.88. The van der Waals surface area contributed by atoms with Crippen molar-refractivity contribution in [3.05, 3.63) is 0 Å². The van der Waals surface area contributed by atoms with Gasteiger partial charge in [-0.25, -0.2) is 0 Å². The Morgan fingerprint density at radius 2 is 1.92 bits per heavy atom. The van der Waals surface area contributed by atoms with Gasteiger partial charge < -0.3 is 9.84 Å². The molecule has 0 bridgehead atoms. The summed E-state index contributed by atoms with van der Waals surface area (Å²) in [6.07, 6.45) is 2.51. The van der Waals surface area contributed by atoms with Crippen LogP contribution in [-0.2, 0) is 4.74 Å². The second-order valence-corrected chi connectivity index (χ2v) is 4.55. The van der Waals surface area contributed by atoms with Crippen LogP contribution in [0.3, 0.4) is 0 Å². The maximum atomic E-state index is 9.56. The lowest BCUT2D eigenvalue weighted by Crippen LogP contribution is -2.17. The highest BCUT2D eigenvalue weighted by atomic mass is 16.5. The number of hydrogen-bond donors (Lipinski definition) is 1. The van der Waals surface area contributed by atoms with Gasteiger partial charge in [0.1, 0.15) is 0 Å². The van der Waals surface area contributed by atoms with Crippen molar-refractivity contribution in [2.75, 3.05) is 13.7 Å². The van der Waals surface area contributed by atoms with E-state index >= 15 is 0 Å². The number of methoxy groups -OCH3 is 1. The largest absolute Gasteiger partial charge is 0.393 e. The molecule has 2 heteroatoms. The van der Waals surface area contributed by atoms with Crippen molar-refractivity contribution in [2.24, 2.45) is 5.41 Å². The van der Waals surface area contributed by atoms with E-state index in [0.29, 0.717) is 0 Å². The minimum Gasteiger partial charge on any atom is -0.393 e. The van der Waals surface area contributed by atoms with Crippen LogP contribution in [-0.4, -0.2) is 24.9 Å². The van der Waals surface area contributed by atoms with Gasteiger partial charge in [-0.15, -0.1) is 0 Å². The number of hydrogen-bond acceptors (Lipinski definition) is 2. The minimum absolute atomic E-state index is 0.167. The molecule has 0 spiro atoms. The summed E-state index contributed by atoms with van der Waals surface area (Å²) in [5, 5.41) is 9.56. The molecule has 1 N–H and O–H groups in total. The fourth-order valence-corrected chi connectivity index (χ4v) is 1.27. The standard InChI is InChI=1S/C10H22O2/c1-10(2,3)8-9(11)6-5-7-12-4/h9,11H,5-8H2,1-4H3. The van der Waals surface area contributed by atoms with Gasteiger partial charge in [0, 0.05) is 13.7 Å². The molecule has 0 aromatic heterocycles. The highest BCUT2D eigenvalue weighted by Gasteiger charge is 2.15. The van der Waals surface area contributed by atoms with Crippen molar-refractivity contribution in [2.45, 2.75) is 46.1 Å². The van der Waals surface area contributed by atoms with E-state index in [0.717, 1.165) is 25.9 Å². The van der Waals surface area contributed by atoms with Crippen molar-refractivity contribution in [3.8, 4) is 0 Å². The zero-order valence-corrected chi connectivity index (χ0v) is 8.76. The SMILES string of the molecule is COCCCC(O)CC(C)(C)C. The molecule has 0 saturated heterocycles. The fourth-order valence-electron chi connectivity index (χ4n) is 1.27. The summed E-state index contributed by atoms with van der Waals surface area (Å²) in [7, 11) is 1.69. The predicted molar refractivity (Wildman–Crippen MR) is 51.2 cm³/mol. The molecule has 0 aromatic rings. The van der Waals surface area contributed by atoms with Gasteiger partial charge in [-0.3, -0.25) is 0 Å². The van der Waals surface area contributed by atoms with Gasteiger partial charge in [-0.1, -0.05) is 20.8 Å². The van der Waals surface area contributed by atoms with Crippen molar-refractivity contribution in [1.82, 2.24) is 0 Å². The minimum atomic E-state index is -0.167. The Kier molecular flexibility index (Phi) is 5.51. The normalized spacial score (nSPS) is 14.8. The summed E-state index contributed by atoms with van der Waals surface area (Å²) in [6, 6.07) is 0. The topological polar surface area (TPSA) is 29.5 Å². The van der Waals surface area contributed by atoms with Gasteiger partial charge in [-0.2, -0.15) is 0 Å². The zero-order valence-electron chi connectivity index (χ0n) is 8.76. The molecule has 1 atom stereocenters. The summed E-state index contributed by atoms with van der Waals surface area (Å²) >= 11 is 0. The summed E-state index contributed by atoms with van der Waals surface area (Å²) in [6.45, 7) is 7.19. The molecule has 12 heavy (non-hydrogen) atoms. The number of aliphatic hydroxyl groups is 1. The Labute approximate surface area is 75.9 Å². The van der Waals surface area contributed by atoms with E-state index in [9.17, 15) is 5.11 Å². The third-order valence-electron chi connectivity index (χ3n) is 1.73. The molecule has 0 amide bonds. The van der Waals surface area contributed by atoms with Crippen LogP contribution >= 0.6 is 0 Å². The van der Waals surface area contributed by atoms with E-state index in [1.807, 2.05) is 0 Å². The molecule has 0 aliphatic heterocycles. The average Bonchev–Trinajstić information content (AvgIpc) is 1.84. The molecule has 0 radical (unpaired) electrons. The Balaban J connectivity index is 3.40. The van der Waals surface area contributed by atoms with Crippen molar-refractivity contribution in [3.63, 3.8) is 0 Å². The lowest BCUT2D eigenvalue weighted by Gasteiger charge is -2.22. The quantitative estimate of drug-likeness (QED) is 0.647. The zero-order chi connectivity index (χ0) is 9.61. The molecular weight excluding hydrogens is 152 g/mol. The van der Waals surface area contributed by atoms with Crippen molar-refractivity contribution >= 4 is 0 Å². The van der Waals surface area contributed by atoms with Gasteiger partial charge in [-0.05, 0) is 24.7 Å². The molecule has 0 heterocycles. The molecule has 0 aliphatic rings. The van der Waals surface area contributed by atoms with Gasteiger partial charge >= 0.3 is 0 Å². The van der Waals surface area contributed by atoms with Gasteiger partial charge in [0.05, 0.1) is 6.10 Å². The van der Waals surface area contributed by atoms with Crippen LogP contribution in [0.4, 0.5) is 0 Å². The van der Waals surface area contributed by atoms with Crippen LogP contribution in [0.5, 0.6) is 0 Å². The van der Waals surface area contributed by atoms with Gasteiger partial charge in [0.15, 0.2) is 0 Å². The second kappa shape index (κ2) is 5.55. The van der Waals surface area contributed by atoms with E-state index < -0.39 is 0 Å². The first-order valence-electron chi connectivity index (χ1n) is 4.63. The van der Waals surface area contributed by atoms with E-state index in [2.05, 4.69) is 20.8 Å². The molecule has 0 aromatic carbocycles. The molecule has 1 unspecified atom stereocenters. The number of aliphatic hydroxyl groups excluding tert-OH is 1. The summed E-state index contributed by atoms with van der Waals surface area (Å²) in [5.74, 6) is 0. The molecule has 74 valence electrons. The predicted octanol–water partition coefficient (Wildman–Crippen LogP) is 2.21. The Morgan fingerprint density at radius 1 is 1.33 bits per heavy atom. The Hall–Kier alpha value is -0.0800. The van der Waals surface area contributed by atoms with E-state index in [4.69, 9.17) is 4.74 Å². The number of rotatable bonds is 5. The van der Waals surface area contributed by atoms with Crippen LogP contribution in [0.2, 0.25) is 0 Å². The molecule has 0 aliphatic carbocycles. The van der Waals surface area contributed by atoms with Crippen LogP contribution < -0.4 is 0 Å². The van der Waals surface area contributed by atoms with E-state index in [1.54, 1.807) is 7.11 Å². The maximum absolute atomic E-state index is 9.56. The van der Waals surface area contributed by atoms with Gasteiger partial charge in [0.25, 0.3) is 0 Å². The highest BCUT2D eigenvalue weighted by molar-refractivity contribution is 4.67. The molecule has 2 nitrogen and oxygen atoms in total. The second-order valence-electron chi connectivity index (χ2n) is 4.55. The van der Waals surface area contributed by atoms with Crippen LogP contribution in [0.1, 0.15) is 40.0 Å². The fraction of sp³-hybridized carbons (Fsp3) is 1.00. The van der Waals surface area contributed by atoms with Crippen LogP contribution in [0.25, 0.3) is 0 Å². The van der Waals surface area contributed by atoms with Crippen molar-refractivity contribution < 1.29 is 9.84 Å². The number of ether oxygens (including phenoxy) is 1. The smallest absolute Gasteiger partial charge is 0.0546 e. The average molecular weight is 174 g/mol. The first-order valence-corrected chi connectivity index (χ1v) is 4.63.